The summed E-state index contributed by atoms with van der Waals surface area (Å²) in [4.78, 5) is 17.4. The van der Waals surface area contributed by atoms with E-state index in [1.807, 2.05) is 33.0 Å². The zero-order chi connectivity index (χ0) is 14.5. The quantitative estimate of drug-likeness (QED) is 0.862. The van der Waals surface area contributed by atoms with E-state index >= 15 is 0 Å². The van der Waals surface area contributed by atoms with Crippen LogP contribution in [0.5, 0.6) is 0 Å². The molecule has 1 N–H and O–H groups in total. The van der Waals surface area contributed by atoms with Crippen LogP contribution < -0.4 is 15.1 Å². The summed E-state index contributed by atoms with van der Waals surface area (Å²) in [5.74, 6) is 2.01. The molecule has 0 unspecified atom stereocenters. The monoisotopic (exact) mass is 280 g/mol. The Hall–Kier alpha value is -1.63. The molecule has 7 nitrogen and oxygen atoms in total. The van der Waals surface area contributed by atoms with Gasteiger partial charge in [0.25, 0.3) is 0 Å². The highest BCUT2D eigenvalue weighted by atomic mass is 16.5. The van der Waals surface area contributed by atoms with Gasteiger partial charge in [-0.2, -0.15) is 15.0 Å². The summed E-state index contributed by atoms with van der Waals surface area (Å²) in [5, 5.41) is 2.99. The van der Waals surface area contributed by atoms with Gasteiger partial charge in [0.05, 0.1) is 6.10 Å². The minimum absolute atomic E-state index is 0.371. The second kappa shape index (κ2) is 6.69. The second-order valence-electron chi connectivity index (χ2n) is 5.05. The smallest absolute Gasteiger partial charge is 0.231 e. The molecule has 0 atom stereocenters. The van der Waals surface area contributed by atoms with Crippen LogP contribution in [0.4, 0.5) is 17.8 Å². The Morgan fingerprint density at radius 1 is 1.25 bits per heavy atom. The van der Waals surface area contributed by atoms with Gasteiger partial charge >= 0.3 is 0 Å². The van der Waals surface area contributed by atoms with Crippen LogP contribution in [-0.2, 0) is 4.74 Å². The lowest BCUT2D eigenvalue weighted by Gasteiger charge is -2.32. The molecule has 0 saturated carbocycles. The number of hydrogen-bond donors (Lipinski definition) is 1. The average Bonchev–Trinajstić information content (AvgIpc) is 2.47. The molecule has 20 heavy (non-hydrogen) atoms. The summed E-state index contributed by atoms with van der Waals surface area (Å²) >= 11 is 0. The molecule has 0 aliphatic carbocycles. The van der Waals surface area contributed by atoms with Gasteiger partial charge in [-0.25, -0.2) is 0 Å². The van der Waals surface area contributed by atoms with Gasteiger partial charge in [0.1, 0.15) is 0 Å². The van der Waals surface area contributed by atoms with Crippen molar-refractivity contribution in [3.63, 3.8) is 0 Å². The lowest BCUT2D eigenvalue weighted by Crippen LogP contribution is -2.38. The molecule has 1 aliphatic heterocycles. The number of rotatable bonds is 5. The van der Waals surface area contributed by atoms with E-state index in [9.17, 15) is 0 Å². The number of nitrogens with zero attached hydrogens (tertiary/aromatic N) is 5. The van der Waals surface area contributed by atoms with Gasteiger partial charge < -0.3 is 19.9 Å². The summed E-state index contributed by atoms with van der Waals surface area (Å²) in [6.45, 7) is 4.67. The second-order valence-corrected chi connectivity index (χ2v) is 5.05. The van der Waals surface area contributed by atoms with Crippen LogP contribution in [0.25, 0.3) is 0 Å². The Morgan fingerprint density at radius 2 is 1.95 bits per heavy atom. The fraction of sp³-hybridized carbons (Fsp3) is 0.769. The van der Waals surface area contributed by atoms with Crippen molar-refractivity contribution in [2.75, 3.05) is 56.0 Å². The van der Waals surface area contributed by atoms with E-state index < -0.39 is 0 Å². The maximum atomic E-state index is 5.67. The summed E-state index contributed by atoms with van der Waals surface area (Å²) < 4.78 is 5.67. The Labute approximate surface area is 120 Å². The van der Waals surface area contributed by atoms with Gasteiger partial charge in [0.15, 0.2) is 0 Å². The molecule has 1 aromatic heterocycles. The minimum Gasteiger partial charge on any atom is -0.378 e. The van der Waals surface area contributed by atoms with Crippen LogP contribution in [0.1, 0.15) is 19.8 Å². The fourth-order valence-electron chi connectivity index (χ4n) is 2.27. The van der Waals surface area contributed by atoms with Crippen LogP contribution in [-0.4, -0.2) is 61.9 Å². The normalized spacial score (nSPS) is 16.3. The highest BCUT2D eigenvalue weighted by molar-refractivity contribution is 5.44. The van der Waals surface area contributed by atoms with Gasteiger partial charge in [0.2, 0.25) is 17.8 Å². The number of hydrogen-bond acceptors (Lipinski definition) is 7. The van der Waals surface area contributed by atoms with Crippen molar-refractivity contribution in [1.82, 2.24) is 15.0 Å². The van der Waals surface area contributed by atoms with E-state index in [-0.39, 0.29) is 0 Å². The molecule has 1 fully saturated rings. The Balaban J connectivity index is 2.10. The molecule has 1 aliphatic rings. The third-order valence-electron chi connectivity index (χ3n) is 3.36. The number of ether oxygens (including phenoxy) is 1. The lowest BCUT2D eigenvalue weighted by atomic mass is 10.1. The van der Waals surface area contributed by atoms with Crippen LogP contribution in [0.2, 0.25) is 0 Å². The molecule has 1 aromatic rings. The molecule has 0 spiro atoms. The number of piperidine rings is 1. The summed E-state index contributed by atoms with van der Waals surface area (Å²) in [7, 11) is 5.68. The zero-order valence-electron chi connectivity index (χ0n) is 12.8. The Kier molecular flexibility index (Phi) is 4.94. The summed E-state index contributed by atoms with van der Waals surface area (Å²) in [5.41, 5.74) is 0. The molecule has 2 heterocycles. The highest BCUT2D eigenvalue weighted by Crippen LogP contribution is 2.20. The van der Waals surface area contributed by atoms with Crippen molar-refractivity contribution in [1.29, 1.82) is 0 Å². The topological polar surface area (TPSA) is 66.4 Å². The molecule has 7 heteroatoms. The first-order valence-electron chi connectivity index (χ1n) is 7.11. The van der Waals surface area contributed by atoms with E-state index in [1.165, 1.54) is 0 Å². The largest absolute Gasteiger partial charge is 0.378 e. The SMILES string of the molecule is CCOC1CCN(c2nc(NC)nc(N(C)C)n2)CC1. The van der Waals surface area contributed by atoms with Crippen LogP contribution >= 0.6 is 0 Å². The molecule has 0 amide bonds. The van der Waals surface area contributed by atoms with Crippen molar-refractivity contribution in [3.05, 3.63) is 0 Å². The van der Waals surface area contributed by atoms with Crippen LogP contribution in [0, 0.1) is 0 Å². The molecular formula is C13H24N6O. The van der Waals surface area contributed by atoms with Crippen molar-refractivity contribution in [3.8, 4) is 0 Å². The summed E-state index contributed by atoms with van der Waals surface area (Å²) in [6, 6.07) is 0. The lowest BCUT2D eigenvalue weighted by molar-refractivity contribution is 0.0457. The first-order valence-corrected chi connectivity index (χ1v) is 7.11. The predicted molar refractivity (Wildman–Crippen MR) is 80.6 cm³/mol. The third-order valence-corrected chi connectivity index (χ3v) is 3.36. The van der Waals surface area contributed by atoms with Crippen LogP contribution in [0.3, 0.4) is 0 Å². The van der Waals surface area contributed by atoms with Gasteiger partial charge in [0, 0.05) is 40.8 Å². The average molecular weight is 280 g/mol. The van der Waals surface area contributed by atoms with Crippen molar-refractivity contribution >= 4 is 17.8 Å². The van der Waals surface area contributed by atoms with Gasteiger partial charge in [-0.3, -0.25) is 0 Å². The zero-order valence-corrected chi connectivity index (χ0v) is 12.8. The molecule has 0 radical (unpaired) electrons. The fourth-order valence-corrected chi connectivity index (χ4v) is 2.27. The minimum atomic E-state index is 0.371. The van der Waals surface area contributed by atoms with E-state index in [1.54, 1.807) is 0 Å². The first-order chi connectivity index (χ1) is 9.63. The van der Waals surface area contributed by atoms with Gasteiger partial charge in [-0.1, -0.05) is 0 Å². The molecule has 1 saturated heterocycles. The standard InChI is InChI=1S/C13H24N6O/c1-5-20-10-6-8-19(9-7-10)13-16-11(14-2)15-12(17-13)18(3)4/h10H,5-9H2,1-4H3,(H,14,15,16,17). The summed E-state index contributed by atoms with van der Waals surface area (Å²) in [6.07, 6.45) is 2.41. The van der Waals surface area contributed by atoms with Crippen molar-refractivity contribution < 1.29 is 4.74 Å². The molecule has 2 rings (SSSR count). The van der Waals surface area contributed by atoms with Crippen molar-refractivity contribution in [2.45, 2.75) is 25.9 Å². The Bertz CT molecular complexity index is 431. The number of anilines is 3. The molecule has 112 valence electrons. The van der Waals surface area contributed by atoms with E-state index in [0.29, 0.717) is 18.0 Å². The Morgan fingerprint density at radius 3 is 2.50 bits per heavy atom. The highest BCUT2D eigenvalue weighted by Gasteiger charge is 2.22. The number of nitrogens with one attached hydrogen (secondary N) is 1. The predicted octanol–water partition coefficient (Wildman–Crippen LogP) is 0.985. The van der Waals surface area contributed by atoms with Gasteiger partial charge in [-0.15, -0.1) is 0 Å². The van der Waals surface area contributed by atoms with E-state index in [4.69, 9.17) is 4.74 Å². The maximum absolute atomic E-state index is 5.67. The van der Waals surface area contributed by atoms with E-state index in [0.717, 1.165) is 38.5 Å². The molecular weight excluding hydrogens is 256 g/mol. The van der Waals surface area contributed by atoms with Crippen molar-refractivity contribution in [2.24, 2.45) is 0 Å². The third kappa shape index (κ3) is 3.47. The van der Waals surface area contributed by atoms with E-state index in [2.05, 4.69) is 25.2 Å². The maximum Gasteiger partial charge on any atom is 0.231 e. The number of aromatic nitrogens is 3. The van der Waals surface area contributed by atoms with Gasteiger partial charge in [-0.05, 0) is 19.8 Å². The van der Waals surface area contributed by atoms with Crippen LogP contribution in [0.15, 0.2) is 0 Å². The first kappa shape index (κ1) is 14.8. The molecule has 0 bridgehead atoms. The molecule has 0 aromatic carbocycles.